The first-order valence-corrected chi connectivity index (χ1v) is 10.0. The maximum atomic E-state index is 13.3. The molecule has 5 rings (SSSR count). The molecule has 0 aromatic heterocycles. The van der Waals surface area contributed by atoms with Crippen LogP contribution >= 0.6 is 15.9 Å². The second-order valence-corrected chi connectivity index (χ2v) is 8.82. The molecule has 5 unspecified atom stereocenters. The van der Waals surface area contributed by atoms with Crippen LogP contribution in [0.3, 0.4) is 0 Å². The minimum Gasteiger partial charge on any atom is -0.274 e. The van der Waals surface area contributed by atoms with Gasteiger partial charge in [0.2, 0.25) is 11.8 Å². The lowest BCUT2D eigenvalue weighted by atomic mass is 9.73. The zero-order valence-corrected chi connectivity index (χ0v) is 16.1. The molecular weight excluding hydrogens is 390 g/mol. The van der Waals surface area contributed by atoms with Crippen LogP contribution < -0.4 is 4.90 Å². The Balaban J connectivity index is 1.51. The van der Waals surface area contributed by atoms with Crippen LogP contribution in [0.5, 0.6) is 0 Å². The Morgan fingerprint density at radius 1 is 0.962 bits per heavy atom. The predicted octanol–water partition coefficient (Wildman–Crippen LogP) is 4.69. The molecule has 3 aliphatic rings. The number of imide groups is 1. The van der Waals surface area contributed by atoms with Gasteiger partial charge in [-0.1, -0.05) is 46.3 Å². The number of fused-ring (bicyclic) bond motifs is 5. The lowest BCUT2D eigenvalue weighted by Gasteiger charge is -2.28. The number of hydrogen-bond acceptors (Lipinski definition) is 2. The number of benzene rings is 2. The Hall–Kier alpha value is -1.94. The van der Waals surface area contributed by atoms with Gasteiger partial charge in [-0.05, 0) is 66.8 Å². The lowest BCUT2D eigenvalue weighted by Crippen LogP contribution is -2.33. The Kier molecular flexibility index (Phi) is 3.61. The molecule has 26 heavy (non-hydrogen) atoms. The lowest BCUT2D eigenvalue weighted by molar-refractivity contribution is -0.123. The topological polar surface area (TPSA) is 37.4 Å². The van der Waals surface area contributed by atoms with Crippen LogP contribution in [0.25, 0.3) is 0 Å². The number of nitrogens with zero attached hydrogens (tertiary/aromatic N) is 1. The fourth-order valence-corrected chi connectivity index (χ4v) is 6.13. The van der Waals surface area contributed by atoms with Crippen molar-refractivity contribution < 1.29 is 9.59 Å². The van der Waals surface area contributed by atoms with Crippen molar-refractivity contribution in [2.45, 2.75) is 25.7 Å². The summed E-state index contributed by atoms with van der Waals surface area (Å²) in [6.45, 7) is 1.95. The van der Waals surface area contributed by atoms with Gasteiger partial charge in [-0.2, -0.15) is 0 Å². The van der Waals surface area contributed by atoms with Gasteiger partial charge in [-0.3, -0.25) is 9.59 Å². The molecular formula is C22H20BrNO2. The molecule has 4 heteroatoms. The number of carbonyl (C=O) groups excluding carboxylic acids is 2. The fraction of sp³-hybridized carbons (Fsp3) is 0.364. The van der Waals surface area contributed by atoms with Gasteiger partial charge in [-0.25, -0.2) is 4.90 Å². The van der Waals surface area contributed by atoms with E-state index in [0.717, 1.165) is 28.6 Å². The summed E-state index contributed by atoms with van der Waals surface area (Å²) in [5.74, 6) is 0.815. The van der Waals surface area contributed by atoms with E-state index in [1.807, 2.05) is 31.2 Å². The third-order valence-electron chi connectivity index (χ3n) is 6.64. The quantitative estimate of drug-likeness (QED) is 0.674. The van der Waals surface area contributed by atoms with Gasteiger partial charge >= 0.3 is 0 Å². The van der Waals surface area contributed by atoms with Crippen LogP contribution in [0.15, 0.2) is 53.0 Å². The van der Waals surface area contributed by atoms with E-state index < -0.39 is 0 Å². The van der Waals surface area contributed by atoms with E-state index in [0.29, 0.717) is 17.8 Å². The summed E-state index contributed by atoms with van der Waals surface area (Å²) in [5, 5.41) is 0. The number of carbonyl (C=O) groups is 2. The van der Waals surface area contributed by atoms with Crippen molar-refractivity contribution in [3.05, 3.63) is 64.1 Å². The third kappa shape index (κ3) is 2.18. The van der Waals surface area contributed by atoms with E-state index >= 15 is 0 Å². The number of amides is 2. The molecule has 2 aromatic rings. The minimum absolute atomic E-state index is 0.0125. The van der Waals surface area contributed by atoms with Gasteiger partial charge in [0.15, 0.2) is 0 Å². The smallest absolute Gasteiger partial charge is 0.238 e. The summed E-state index contributed by atoms with van der Waals surface area (Å²) in [5.41, 5.74) is 3.01. The van der Waals surface area contributed by atoms with Crippen LogP contribution in [0, 0.1) is 30.6 Å². The highest BCUT2D eigenvalue weighted by atomic mass is 79.9. The zero-order chi connectivity index (χ0) is 18.0. The van der Waals surface area contributed by atoms with Crippen LogP contribution in [0.1, 0.15) is 29.9 Å². The Morgan fingerprint density at radius 3 is 2.42 bits per heavy atom. The summed E-state index contributed by atoms with van der Waals surface area (Å²) < 4.78 is 0.960. The number of anilines is 1. The molecule has 3 nitrogen and oxygen atoms in total. The molecule has 0 radical (unpaired) electrons. The molecule has 132 valence electrons. The molecule has 1 saturated heterocycles. The van der Waals surface area contributed by atoms with Crippen LogP contribution in [-0.4, -0.2) is 11.8 Å². The van der Waals surface area contributed by atoms with E-state index in [9.17, 15) is 9.59 Å². The average molecular weight is 410 g/mol. The normalized spacial score (nSPS) is 32.4. The Bertz CT molecular complexity index is 910. The first-order valence-electron chi connectivity index (χ1n) is 9.25. The molecule has 5 atom stereocenters. The standard InChI is InChI=1S/C22H20BrNO2/c1-12-9-15(23)7-8-18(12)24-21(25)19-14-10-16(13-5-3-2-4-6-13)17(11-14)20(19)22(24)26/h2-9,14,16-17,19-20H,10-11H2,1H3. The molecule has 0 N–H and O–H groups in total. The third-order valence-corrected chi connectivity index (χ3v) is 7.14. The summed E-state index contributed by atoms with van der Waals surface area (Å²) in [4.78, 5) is 27.9. The van der Waals surface area contributed by atoms with Crippen LogP contribution in [0.2, 0.25) is 0 Å². The van der Waals surface area contributed by atoms with Crippen molar-refractivity contribution in [3.63, 3.8) is 0 Å². The van der Waals surface area contributed by atoms with E-state index in [2.05, 4.69) is 40.2 Å². The Morgan fingerprint density at radius 2 is 1.69 bits per heavy atom. The maximum Gasteiger partial charge on any atom is 0.238 e. The second-order valence-electron chi connectivity index (χ2n) is 7.91. The van der Waals surface area contributed by atoms with Gasteiger partial charge < -0.3 is 0 Å². The molecule has 2 bridgehead atoms. The van der Waals surface area contributed by atoms with Gasteiger partial charge in [0, 0.05) is 4.47 Å². The number of rotatable bonds is 2. The molecule has 1 heterocycles. The SMILES string of the molecule is Cc1cc(Br)ccc1N1C(=O)C2C3CC(c4ccccc4)C(C3)C2C1=O. The van der Waals surface area contributed by atoms with Crippen molar-refractivity contribution in [3.8, 4) is 0 Å². The average Bonchev–Trinajstić information content (AvgIpc) is 3.29. The summed E-state index contributed by atoms with van der Waals surface area (Å²) in [6, 6.07) is 16.2. The number of hydrogen-bond donors (Lipinski definition) is 0. The largest absolute Gasteiger partial charge is 0.274 e. The van der Waals surface area contributed by atoms with Gasteiger partial charge in [0.05, 0.1) is 17.5 Å². The molecule has 3 fully saturated rings. The monoisotopic (exact) mass is 409 g/mol. The second kappa shape index (κ2) is 5.78. The molecule has 2 amide bonds. The highest BCUT2D eigenvalue weighted by Gasteiger charge is 2.64. The number of halogens is 1. The molecule has 2 aliphatic carbocycles. The van der Waals surface area contributed by atoms with Crippen LogP contribution in [-0.2, 0) is 9.59 Å². The van der Waals surface area contributed by atoms with E-state index in [1.165, 1.54) is 10.5 Å². The fourth-order valence-electron chi connectivity index (χ4n) is 5.65. The molecule has 1 aliphatic heterocycles. The summed E-state index contributed by atoms with van der Waals surface area (Å²) in [7, 11) is 0. The summed E-state index contributed by atoms with van der Waals surface area (Å²) >= 11 is 3.46. The zero-order valence-electron chi connectivity index (χ0n) is 14.6. The Labute approximate surface area is 161 Å². The first-order chi connectivity index (χ1) is 12.6. The first kappa shape index (κ1) is 16.2. The molecule has 0 spiro atoms. The maximum absolute atomic E-state index is 13.3. The van der Waals surface area contributed by atoms with Crippen molar-refractivity contribution >= 4 is 33.4 Å². The minimum atomic E-state index is -0.144. The molecule has 2 saturated carbocycles. The summed E-state index contributed by atoms with van der Waals surface area (Å²) in [6.07, 6.45) is 2.04. The van der Waals surface area contributed by atoms with Crippen molar-refractivity contribution in [1.29, 1.82) is 0 Å². The van der Waals surface area contributed by atoms with E-state index in [1.54, 1.807) is 0 Å². The van der Waals surface area contributed by atoms with Crippen LogP contribution in [0.4, 0.5) is 5.69 Å². The predicted molar refractivity (Wildman–Crippen MR) is 104 cm³/mol. The van der Waals surface area contributed by atoms with Gasteiger partial charge in [-0.15, -0.1) is 0 Å². The van der Waals surface area contributed by atoms with E-state index in [4.69, 9.17) is 0 Å². The van der Waals surface area contributed by atoms with Gasteiger partial charge in [0.1, 0.15) is 0 Å². The van der Waals surface area contributed by atoms with Crippen molar-refractivity contribution in [2.24, 2.45) is 23.7 Å². The number of aryl methyl sites for hydroxylation is 1. The van der Waals surface area contributed by atoms with Crippen molar-refractivity contribution in [2.75, 3.05) is 4.90 Å². The highest BCUT2D eigenvalue weighted by Crippen LogP contribution is 2.62. The van der Waals surface area contributed by atoms with Crippen molar-refractivity contribution in [1.82, 2.24) is 0 Å². The highest BCUT2D eigenvalue weighted by molar-refractivity contribution is 9.10. The van der Waals surface area contributed by atoms with E-state index in [-0.39, 0.29) is 23.7 Å². The van der Waals surface area contributed by atoms with Gasteiger partial charge in [0.25, 0.3) is 0 Å². The molecule has 2 aromatic carbocycles.